The van der Waals surface area contributed by atoms with Crippen molar-refractivity contribution in [1.82, 2.24) is 9.97 Å². The number of aromatic nitrogens is 2. The Morgan fingerprint density at radius 3 is 2.52 bits per heavy atom. The molecule has 8 nitrogen and oxygen atoms in total. The third-order valence-electron chi connectivity index (χ3n) is 3.80. The minimum absolute atomic E-state index is 0.0271. The number of aromatic hydroxyl groups is 1. The molecule has 0 amide bonds. The van der Waals surface area contributed by atoms with E-state index in [1.807, 2.05) is 6.92 Å². The summed E-state index contributed by atoms with van der Waals surface area (Å²) in [5.74, 6) is 1.06. The number of anilines is 1. The van der Waals surface area contributed by atoms with Crippen molar-refractivity contribution in [3.8, 4) is 17.1 Å². The summed E-state index contributed by atoms with van der Waals surface area (Å²) < 4.78 is 0. The molecule has 27 heavy (non-hydrogen) atoms. The van der Waals surface area contributed by atoms with E-state index in [0.717, 1.165) is 11.3 Å². The third kappa shape index (κ3) is 4.24. The molecule has 0 atom stereocenters. The number of non-ortho nitro benzene ring substituents is 1. The zero-order valence-corrected chi connectivity index (χ0v) is 14.8. The molecule has 0 aliphatic heterocycles. The van der Waals surface area contributed by atoms with E-state index in [0.29, 0.717) is 17.2 Å². The minimum atomic E-state index is -0.447. The number of benzene rings is 2. The number of rotatable bonds is 5. The van der Waals surface area contributed by atoms with Gasteiger partial charge in [0.2, 0.25) is 0 Å². The molecule has 0 aliphatic carbocycles. The van der Waals surface area contributed by atoms with Gasteiger partial charge >= 0.3 is 0 Å². The molecule has 0 bridgehead atoms. The van der Waals surface area contributed by atoms with Gasteiger partial charge in [0, 0.05) is 30.9 Å². The van der Waals surface area contributed by atoms with Crippen molar-refractivity contribution in [3.05, 3.63) is 76.0 Å². The molecule has 1 heterocycles. The second-order valence-corrected chi connectivity index (χ2v) is 5.83. The summed E-state index contributed by atoms with van der Waals surface area (Å²) >= 11 is 0. The molecule has 8 heteroatoms. The summed E-state index contributed by atoms with van der Waals surface area (Å²) in [7, 11) is 1.73. The second-order valence-electron chi connectivity index (χ2n) is 5.83. The highest BCUT2D eigenvalue weighted by atomic mass is 16.6. The molecule has 2 aromatic carbocycles. The number of phenols is 1. The predicted molar refractivity (Wildman–Crippen MR) is 103 cm³/mol. The monoisotopic (exact) mass is 363 g/mol. The molecular formula is C19H17N5O3. The van der Waals surface area contributed by atoms with E-state index in [4.69, 9.17) is 0 Å². The molecule has 0 radical (unpaired) electrons. The molecule has 0 aliphatic rings. The van der Waals surface area contributed by atoms with E-state index in [1.54, 1.807) is 60.7 Å². The molecule has 1 aromatic heterocycles. The summed E-state index contributed by atoms with van der Waals surface area (Å²) in [5, 5.41) is 26.6. The molecule has 0 fully saturated rings. The number of para-hydroxylation sites is 1. The highest BCUT2D eigenvalue weighted by molar-refractivity contribution is 5.80. The standard InChI is InChI=1S/C19H17N5O3/c1-13-11-18(22-19(21-13)16-5-3-4-6-17(16)25)23(2)20-12-14-7-9-15(10-8-14)24(26)27/h3-12,25H,1-2H3/b20-12-. The van der Waals surface area contributed by atoms with Crippen molar-refractivity contribution in [2.24, 2.45) is 5.10 Å². The fourth-order valence-electron chi connectivity index (χ4n) is 2.40. The van der Waals surface area contributed by atoms with Crippen LogP contribution in [0.3, 0.4) is 0 Å². The largest absolute Gasteiger partial charge is 0.507 e. The average molecular weight is 363 g/mol. The first-order chi connectivity index (χ1) is 12.9. The van der Waals surface area contributed by atoms with Gasteiger partial charge in [-0.3, -0.25) is 15.1 Å². The van der Waals surface area contributed by atoms with Crippen LogP contribution in [0.25, 0.3) is 11.4 Å². The molecule has 136 valence electrons. The Morgan fingerprint density at radius 2 is 1.85 bits per heavy atom. The molecule has 3 rings (SSSR count). The molecule has 0 spiro atoms. The maximum atomic E-state index is 10.7. The number of nitrogens with zero attached hydrogens (tertiary/aromatic N) is 5. The normalized spacial score (nSPS) is 10.9. The van der Waals surface area contributed by atoms with Crippen molar-refractivity contribution >= 4 is 17.7 Å². The number of nitro groups is 1. The molecule has 0 saturated carbocycles. The summed E-state index contributed by atoms with van der Waals surface area (Å²) in [6.45, 7) is 1.84. The number of hydrazone groups is 1. The van der Waals surface area contributed by atoms with Gasteiger partial charge in [-0.05, 0) is 36.8 Å². The number of nitro benzene ring substituents is 1. The van der Waals surface area contributed by atoms with Crippen molar-refractivity contribution in [2.75, 3.05) is 12.1 Å². The van der Waals surface area contributed by atoms with E-state index >= 15 is 0 Å². The van der Waals surface area contributed by atoms with Crippen molar-refractivity contribution in [1.29, 1.82) is 0 Å². The summed E-state index contributed by atoms with van der Waals surface area (Å²) in [5.41, 5.74) is 2.02. The lowest BCUT2D eigenvalue weighted by molar-refractivity contribution is -0.384. The first-order valence-electron chi connectivity index (χ1n) is 8.10. The molecule has 1 N–H and O–H groups in total. The van der Waals surface area contributed by atoms with Gasteiger partial charge in [-0.1, -0.05) is 12.1 Å². The average Bonchev–Trinajstić information content (AvgIpc) is 2.66. The van der Waals surface area contributed by atoms with Crippen LogP contribution in [0.5, 0.6) is 5.75 Å². The lowest BCUT2D eigenvalue weighted by Gasteiger charge is -2.14. The zero-order valence-electron chi connectivity index (χ0n) is 14.8. The Bertz CT molecular complexity index is 1000. The summed E-state index contributed by atoms with van der Waals surface area (Å²) in [6, 6.07) is 14.7. The Balaban J connectivity index is 1.85. The first-order valence-corrected chi connectivity index (χ1v) is 8.10. The summed E-state index contributed by atoms with van der Waals surface area (Å²) in [6.07, 6.45) is 1.58. The number of aryl methyl sites for hydroxylation is 1. The quantitative estimate of drug-likeness (QED) is 0.422. The number of hydrogen-bond acceptors (Lipinski definition) is 7. The fraction of sp³-hybridized carbons (Fsp3) is 0.105. The van der Waals surface area contributed by atoms with Gasteiger partial charge in [0.25, 0.3) is 5.69 Å². The maximum Gasteiger partial charge on any atom is 0.269 e. The van der Waals surface area contributed by atoms with Gasteiger partial charge in [-0.25, -0.2) is 9.97 Å². The Morgan fingerprint density at radius 1 is 1.15 bits per heavy atom. The van der Waals surface area contributed by atoms with Gasteiger partial charge in [0.1, 0.15) is 5.75 Å². The van der Waals surface area contributed by atoms with Gasteiger partial charge < -0.3 is 5.11 Å². The lowest BCUT2D eigenvalue weighted by atomic mass is 10.2. The van der Waals surface area contributed by atoms with Gasteiger partial charge in [0.15, 0.2) is 11.6 Å². The second kappa shape index (κ2) is 7.61. The molecule has 0 unspecified atom stereocenters. The van der Waals surface area contributed by atoms with Crippen LogP contribution in [0.15, 0.2) is 59.7 Å². The van der Waals surface area contributed by atoms with Crippen LogP contribution >= 0.6 is 0 Å². The molecular weight excluding hydrogens is 346 g/mol. The van der Waals surface area contributed by atoms with Crippen LogP contribution in [0.1, 0.15) is 11.3 Å². The Kier molecular flexibility index (Phi) is 5.07. The smallest absolute Gasteiger partial charge is 0.269 e. The van der Waals surface area contributed by atoms with Crippen LogP contribution in [-0.2, 0) is 0 Å². The van der Waals surface area contributed by atoms with Gasteiger partial charge in [0.05, 0.1) is 16.7 Å². The van der Waals surface area contributed by atoms with Crippen molar-refractivity contribution in [3.63, 3.8) is 0 Å². The van der Waals surface area contributed by atoms with Gasteiger partial charge in [-0.15, -0.1) is 0 Å². The maximum absolute atomic E-state index is 10.7. The van der Waals surface area contributed by atoms with Crippen molar-refractivity contribution in [2.45, 2.75) is 6.92 Å². The highest BCUT2D eigenvalue weighted by Crippen LogP contribution is 2.27. The number of phenolic OH excluding ortho intramolecular Hbond substituents is 1. The van der Waals surface area contributed by atoms with E-state index < -0.39 is 4.92 Å². The number of hydrogen-bond donors (Lipinski definition) is 1. The van der Waals surface area contributed by atoms with Crippen LogP contribution < -0.4 is 5.01 Å². The first kappa shape index (κ1) is 18.0. The summed E-state index contributed by atoms with van der Waals surface area (Å²) in [4.78, 5) is 19.1. The van der Waals surface area contributed by atoms with Crippen LogP contribution in [-0.4, -0.2) is 33.3 Å². The van der Waals surface area contributed by atoms with E-state index in [9.17, 15) is 15.2 Å². The van der Waals surface area contributed by atoms with E-state index in [2.05, 4.69) is 15.1 Å². The molecule has 0 saturated heterocycles. The van der Waals surface area contributed by atoms with Crippen LogP contribution in [0.4, 0.5) is 11.5 Å². The van der Waals surface area contributed by atoms with Gasteiger partial charge in [-0.2, -0.15) is 5.10 Å². The van der Waals surface area contributed by atoms with Crippen molar-refractivity contribution < 1.29 is 10.0 Å². The molecule has 3 aromatic rings. The topological polar surface area (TPSA) is 105 Å². The van der Waals surface area contributed by atoms with E-state index in [1.165, 1.54) is 12.1 Å². The Labute approximate surface area is 155 Å². The predicted octanol–water partition coefficient (Wildman–Crippen LogP) is 3.54. The Hall–Kier alpha value is -3.81. The SMILES string of the molecule is Cc1cc(N(C)/N=C\c2ccc([N+](=O)[O-])cc2)nc(-c2ccccc2O)n1. The zero-order chi connectivity index (χ0) is 19.4. The lowest BCUT2D eigenvalue weighted by Crippen LogP contribution is -2.12. The van der Waals surface area contributed by atoms with E-state index in [-0.39, 0.29) is 11.4 Å². The highest BCUT2D eigenvalue weighted by Gasteiger charge is 2.11. The van der Waals surface area contributed by atoms with Crippen LogP contribution in [0.2, 0.25) is 0 Å². The minimum Gasteiger partial charge on any atom is -0.507 e. The third-order valence-corrected chi connectivity index (χ3v) is 3.80. The van der Waals surface area contributed by atoms with Crippen LogP contribution in [0, 0.1) is 17.0 Å². The fourth-order valence-corrected chi connectivity index (χ4v) is 2.40.